The summed E-state index contributed by atoms with van der Waals surface area (Å²) in [6, 6.07) is 3.53. The Hall–Kier alpha value is -2.15. The van der Waals surface area contributed by atoms with E-state index < -0.39 is 0 Å². The first-order valence-corrected chi connectivity index (χ1v) is 5.51. The number of nitrogens with zero attached hydrogens (tertiary/aromatic N) is 3. The van der Waals surface area contributed by atoms with Crippen molar-refractivity contribution < 1.29 is 9.53 Å². The summed E-state index contributed by atoms with van der Waals surface area (Å²) in [5.41, 5.74) is 0.371. The van der Waals surface area contributed by atoms with E-state index in [0.717, 1.165) is 4.68 Å². The average molecular weight is 250 g/mol. The highest BCUT2D eigenvalue weighted by molar-refractivity contribution is 5.75. The van der Waals surface area contributed by atoms with Crippen LogP contribution in [0.2, 0.25) is 0 Å². The van der Waals surface area contributed by atoms with Crippen LogP contribution in [0.3, 0.4) is 0 Å². The molecule has 0 unspecified atom stereocenters. The fourth-order valence-corrected chi connectivity index (χ4v) is 1.57. The van der Waals surface area contributed by atoms with Crippen molar-refractivity contribution in [1.29, 1.82) is 0 Å². The first-order chi connectivity index (χ1) is 8.72. The Morgan fingerprint density at radius 3 is 3.17 bits per heavy atom. The summed E-state index contributed by atoms with van der Waals surface area (Å²) in [4.78, 5) is 23.5. The summed E-state index contributed by atoms with van der Waals surface area (Å²) in [5.74, 6) is -0.270. The molecule has 7 nitrogen and oxygen atoms in total. The highest BCUT2D eigenvalue weighted by Gasteiger charge is 2.07. The number of fused-ring (bicyclic) bond motifs is 1. The largest absolute Gasteiger partial charge is 0.383 e. The molecule has 0 bridgehead atoms. The normalized spacial score (nSPS) is 10.7. The lowest BCUT2D eigenvalue weighted by Crippen LogP contribution is -2.36. The Bertz CT molecular complexity index is 602. The van der Waals surface area contributed by atoms with E-state index in [1.807, 2.05) is 0 Å². The molecule has 2 aromatic heterocycles. The molecule has 2 rings (SSSR count). The van der Waals surface area contributed by atoms with Gasteiger partial charge in [0.15, 0.2) is 0 Å². The minimum absolute atomic E-state index is 0.101. The topological polar surface area (TPSA) is 77.6 Å². The third-order valence-corrected chi connectivity index (χ3v) is 2.46. The van der Waals surface area contributed by atoms with E-state index in [1.165, 1.54) is 4.40 Å². The van der Waals surface area contributed by atoms with E-state index in [-0.39, 0.29) is 18.1 Å². The molecule has 0 aliphatic heterocycles. The number of methoxy groups -OCH3 is 1. The van der Waals surface area contributed by atoms with Gasteiger partial charge >= 0.3 is 5.69 Å². The fraction of sp³-hybridized carbons (Fsp3) is 0.364. The Morgan fingerprint density at radius 1 is 1.56 bits per heavy atom. The number of amides is 1. The zero-order valence-corrected chi connectivity index (χ0v) is 10.00. The third-order valence-electron chi connectivity index (χ3n) is 2.46. The van der Waals surface area contributed by atoms with Crippen LogP contribution in [0.1, 0.15) is 0 Å². The molecule has 1 N–H and O–H groups in total. The molecule has 2 aromatic rings. The molecule has 18 heavy (non-hydrogen) atoms. The maximum Gasteiger partial charge on any atom is 0.349 e. The number of carbonyl (C=O) groups is 1. The number of hydrogen-bond donors (Lipinski definition) is 1. The summed E-state index contributed by atoms with van der Waals surface area (Å²) in [5, 5.41) is 6.57. The summed E-state index contributed by atoms with van der Waals surface area (Å²) < 4.78 is 7.37. The lowest BCUT2D eigenvalue weighted by Gasteiger charge is -2.06. The minimum Gasteiger partial charge on any atom is -0.383 e. The van der Waals surface area contributed by atoms with Crippen LogP contribution in [-0.4, -0.2) is 40.3 Å². The molecule has 0 spiro atoms. The van der Waals surface area contributed by atoms with Crippen LogP contribution in [0.25, 0.3) is 5.52 Å². The van der Waals surface area contributed by atoms with Crippen LogP contribution in [-0.2, 0) is 16.1 Å². The number of nitrogens with one attached hydrogen (secondary N) is 1. The van der Waals surface area contributed by atoms with Crippen molar-refractivity contribution in [3.8, 4) is 0 Å². The van der Waals surface area contributed by atoms with Gasteiger partial charge in [-0.3, -0.25) is 9.20 Å². The van der Waals surface area contributed by atoms with Crippen LogP contribution in [0.4, 0.5) is 0 Å². The number of rotatable bonds is 5. The quantitative estimate of drug-likeness (QED) is 0.709. The number of aromatic nitrogens is 3. The van der Waals surface area contributed by atoms with Crippen LogP contribution in [0.5, 0.6) is 0 Å². The van der Waals surface area contributed by atoms with Gasteiger partial charge in [-0.25, -0.2) is 9.48 Å². The van der Waals surface area contributed by atoms with Crippen molar-refractivity contribution >= 4 is 11.4 Å². The van der Waals surface area contributed by atoms with Crippen molar-refractivity contribution in [2.45, 2.75) is 6.54 Å². The summed E-state index contributed by atoms with van der Waals surface area (Å²) in [6.45, 7) is 0.747. The molecular formula is C11H14N4O3. The first-order valence-electron chi connectivity index (χ1n) is 5.51. The minimum atomic E-state index is -0.334. The fourth-order valence-electron chi connectivity index (χ4n) is 1.57. The standard InChI is InChI=1S/C11H14N4O3/c1-18-6-4-12-10(16)8-15-11(17)14-5-2-3-9(14)7-13-15/h2-3,5,7H,4,6,8H2,1H3,(H,12,16). The monoisotopic (exact) mass is 250 g/mol. The van der Waals surface area contributed by atoms with Gasteiger partial charge in [0.1, 0.15) is 6.54 Å². The van der Waals surface area contributed by atoms with E-state index in [9.17, 15) is 9.59 Å². The van der Waals surface area contributed by atoms with Gasteiger partial charge in [-0.05, 0) is 12.1 Å². The van der Waals surface area contributed by atoms with Crippen molar-refractivity contribution in [2.75, 3.05) is 20.3 Å². The summed E-state index contributed by atoms with van der Waals surface area (Å²) in [6.07, 6.45) is 3.18. The second kappa shape index (κ2) is 5.46. The predicted molar refractivity (Wildman–Crippen MR) is 64.3 cm³/mol. The lowest BCUT2D eigenvalue weighted by molar-refractivity contribution is -0.122. The maximum absolute atomic E-state index is 11.9. The van der Waals surface area contributed by atoms with Gasteiger partial charge in [0.2, 0.25) is 5.91 Å². The van der Waals surface area contributed by atoms with Crippen LogP contribution in [0.15, 0.2) is 29.3 Å². The molecular weight excluding hydrogens is 236 g/mol. The van der Waals surface area contributed by atoms with Crippen molar-refractivity contribution in [2.24, 2.45) is 0 Å². The molecule has 7 heteroatoms. The van der Waals surface area contributed by atoms with Crippen molar-refractivity contribution in [3.05, 3.63) is 35.0 Å². The van der Waals surface area contributed by atoms with Gasteiger partial charge in [-0.1, -0.05) is 0 Å². The molecule has 0 saturated carbocycles. The molecule has 2 heterocycles. The molecule has 96 valence electrons. The van der Waals surface area contributed by atoms with Crippen molar-refractivity contribution in [1.82, 2.24) is 19.5 Å². The van der Waals surface area contributed by atoms with Crippen LogP contribution < -0.4 is 11.0 Å². The SMILES string of the molecule is COCCNC(=O)Cn1ncc2cccn2c1=O. The second-order valence-electron chi connectivity index (χ2n) is 3.73. The molecule has 1 amide bonds. The first kappa shape index (κ1) is 12.3. The van der Waals surface area contributed by atoms with Gasteiger partial charge in [-0.2, -0.15) is 5.10 Å². The third kappa shape index (κ3) is 2.57. The maximum atomic E-state index is 11.9. The molecule has 0 aliphatic rings. The highest BCUT2D eigenvalue weighted by Crippen LogP contribution is 1.96. The van der Waals surface area contributed by atoms with Crippen LogP contribution in [0, 0.1) is 0 Å². The van der Waals surface area contributed by atoms with E-state index >= 15 is 0 Å². The molecule has 0 saturated heterocycles. The number of hydrogen-bond acceptors (Lipinski definition) is 4. The van der Waals surface area contributed by atoms with Gasteiger partial charge < -0.3 is 10.1 Å². The number of carbonyl (C=O) groups excluding carboxylic acids is 1. The molecule has 0 radical (unpaired) electrons. The zero-order valence-electron chi connectivity index (χ0n) is 10.00. The van der Waals surface area contributed by atoms with Gasteiger partial charge in [0, 0.05) is 19.9 Å². The summed E-state index contributed by atoms with van der Waals surface area (Å²) in [7, 11) is 1.55. The molecule has 0 aliphatic carbocycles. The van der Waals surface area contributed by atoms with E-state index in [4.69, 9.17) is 4.74 Å². The smallest absolute Gasteiger partial charge is 0.349 e. The van der Waals surface area contributed by atoms with Crippen molar-refractivity contribution in [3.63, 3.8) is 0 Å². The van der Waals surface area contributed by atoms with Gasteiger partial charge in [-0.15, -0.1) is 0 Å². The highest BCUT2D eigenvalue weighted by atomic mass is 16.5. The van der Waals surface area contributed by atoms with E-state index in [2.05, 4.69) is 10.4 Å². The summed E-state index contributed by atoms with van der Waals surface area (Å²) >= 11 is 0. The molecule has 0 atom stereocenters. The van der Waals surface area contributed by atoms with Gasteiger partial charge in [0.05, 0.1) is 18.3 Å². The average Bonchev–Trinajstić information content (AvgIpc) is 2.82. The van der Waals surface area contributed by atoms with E-state index in [1.54, 1.807) is 31.6 Å². The van der Waals surface area contributed by atoms with E-state index in [0.29, 0.717) is 18.7 Å². The lowest BCUT2D eigenvalue weighted by atomic mass is 10.5. The Labute approximate surface area is 103 Å². The Morgan fingerprint density at radius 2 is 2.39 bits per heavy atom. The second-order valence-corrected chi connectivity index (χ2v) is 3.73. The Balaban J connectivity index is 2.09. The van der Waals surface area contributed by atoms with Crippen LogP contribution >= 0.6 is 0 Å². The predicted octanol–water partition coefficient (Wildman–Crippen LogP) is -0.741. The Kier molecular flexibility index (Phi) is 3.73. The van der Waals surface area contributed by atoms with Gasteiger partial charge in [0.25, 0.3) is 0 Å². The molecule has 0 aromatic carbocycles. The molecule has 0 fully saturated rings. The zero-order chi connectivity index (χ0) is 13.0. The number of ether oxygens (including phenoxy) is 1.